The summed E-state index contributed by atoms with van der Waals surface area (Å²) in [6.07, 6.45) is 2.19. The van der Waals surface area contributed by atoms with Gasteiger partial charge in [-0.1, -0.05) is 0 Å². The first-order valence-electron chi connectivity index (χ1n) is 11.1. The Labute approximate surface area is 197 Å². The molecule has 1 nitrogen and oxygen atoms in total. The Morgan fingerprint density at radius 1 is 0.656 bits per heavy atom. The van der Waals surface area contributed by atoms with Crippen molar-refractivity contribution in [2.75, 3.05) is 13.2 Å². The van der Waals surface area contributed by atoms with Crippen LogP contribution in [0.15, 0.2) is 121 Å². The zero-order valence-corrected chi connectivity index (χ0v) is 21.7. The van der Waals surface area contributed by atoms with Crippen molar-refractivity contribution in [2.45, 2.75) is 12.5 Å². The summed E-state index contributed by atoms with van der Waals surface area (Å²) in [6, 6.07) is 45.2. The molecule has 0 aliphatic carbocycles. The first-order valence-corrected chi connectivity index (χ1v) is 16.1. The molecule has 0 heterocycles. The number of likely N-dealkylation sites (N-methyl/N-ethyl adjacent to an activating group) is 1. The third kappa shape index (κ3) is 5.20. The Balaban J connectivity index is 1.89. The Morgan fingerprint density at radius 2 is 1.03 bits per heavy atom. The maximum atomic E-state index is 2.96. The fourth-order valence-corrected chi connectivity index (χ4v) is 11.0. The predicted molar refractivity (Wildman–Crippen MR) is 151 cm³/mol. The van der Waals surface area contributed by atoms with Crippen molar-refractivity contribution in [3.63, 3.8) is 0 Å². The number of hydrogen-bond acceptors (Lipinski definition) is 1. The summed E-state index contributed by atoms with van der Waals surface area (Å²) >= 11 is 0. The molecule has 0 radical (unpaired) electrons. The van der Waals surface area contributed by atoms with Crippen LogP contribution in [0.25, 0.3) is 0 Å². The van der Waals surface area contributed by atoms with Crippen molar-refractivity contribution in [2.24, 2.45) is 0 Å². The van der Waals surface area contributed by atoms with E-state index in [-0.39, 0.29) is 0 Å². The van der Waals surface area contributed by atoms with E-state index in [4.69, 9.17) is 0 Å². The van der Waals surface area contributed by atoms with Crippen LogP contribution in [-0.4, -0.2) is 23.9 Å². The first-order chi connectivity index (χ1) is 15.7. The van der Waals surface area contributed by atoms with Crippen molar-refractivity contribution in [3.8, 4) is 0 Å². The van der Waals surface area contributed by atoms with Crippen LogP contribution in [-0.2, 0) is 6.42 Å². The predicted octanol–water partition coefficient (Wildman–Crippen LogP) is 5.64. The van der Waals surface area contributed by atoms with Gasteiger partial charge in [0.2, 0.25) is 0 Å². The van der Waals surface area contributed by atoms with Crippen molar-refractivity contribution < 1.29 is 0 Å². The monoisotopic (exact) mass is 475 g/mol. The molecule has 4 rings (SSSR count). The zero-order valence-electron chi connectivity index (χ0n) is 18.6. The first kappa shape index (κ1) is 23.3. The van der Waals surface area contributed by atoms with E-state index in [1.54, 1.807) is 0 Å². The number of nitrogens with zero attached hydrogens (tertiary/aromatic N) is 1. The minimum absolute atomic E-state index is 0.445. The molecule has 0 saturated heterocycles. The van der Waals surface area contributed by atoms with E-state index in [1.807, 2.05) is 0 Å². The van der Waals surface area contributed by atoms with Crippen molar-refractivity contribution in [1.82, 2.24) is 4.67 Å². The number of hydrogen-bond donors (Lipinski definition) is 0. The summed E-state index contributed by atoms with van der Waals surface area (Å²) in [7, 11) is 3.66. The molecule has 0 amide bonds. The molecule has 0 fully saturated rings. The van der Waals surface area contributed by atoms with Crippen LogP contribution in [0, 0.1) is 0 Å². The molecule has 0 saturated carbocycles. The molecule has 0 aliphatic heterocycles. The van der Waals surface area contributed by atoms with Crippen LogP contribution < -0.4 is 15.9 Å². The second-order valence-electron chi connectivity index (χ2n) is 8.29. The Morgan fingerprint density at radius 3 is 1.41 bits per heavy atom. The summed E-state index contributed by atoms with van der Waals surface area (Å²) in [5, 5.41) is 4.45. The molecule has 4 aromatic rings. The molecular formula is C28H32NP3. The molecule has 0 aromatic heterocycles. The molecule has 4 aromatic carbocycles. The van der Waals surface area contributed by atoms with E-state index in [0.717, 1.165) is 12.6 Å². The molecule has 0 spiro atoms. The van der Waals surface area contributed by atoms with E-state index in [0.29, 0.717) is 14.5 Å². The minimum atomic E-state index is -2.27. The van der Waals surface area contributed by atoms with Gasteiger partial charge in [0.15, 0.2) is 0 Å². The van der Waals surface area contributed by atoms with E-state index < -0.39 is 7.26 Å². The average Bonchev–Trinajstić information content (AvgIpc) is 2.88. The summed E-state index contributed by atoms with van der Waals surface area (Å²) in [5.41, 5.74) is 1.41. The molecule has 3 atom stereocenters. The molecule has 0 aliphatic rings. The van der Waals surface area contributed by atoms with Gasteiger partial charge < -0.3 is 0 Å². The van der Waals surface area contributed by atoms with E-state index in [2.05, 4.69) is 142 Å². The SMILES string of the molecule is CN(PP)[C@@H](Cc1ccccc1)C[PH](c1ccccc1)(c1ccccc1)c1ccccc1. The molecule has 32 heavy (non-hydrogen) atoms. The molecular weight excluding hydrogens is 443 g/mol. The fourth-order valence-electron chi connectivity index (χ4n) is 4.71. The van der Waals surface area contributed by atoms with Gasteiger partial charge in [0.1, 0.15) is 0 Å². The summed E-state index contributed by atoms with van der Waals surface area (Å²) in [6.45, 7) is 0. The molecule has 2 unspecified atom stereocenters. The molecule has 4 heteroatoms. The second kappa shape index (κ2) is 11.3. The fraction of sp³-hybridized carbons (Fsp3) is 0.143. The average molecular weight is 475 g/mol. The van der Waals surface area contributed by atoms with Crippen LogP contribution in [0.3, 0.4) is 0 Å². The Kier molecular flexibility index (Phi) is 8.24. The summed E-state index contributed by atoms with van der Waals surface area (Å²) in [5.74, 6) is 0. The van der Waals surface area contributed by atoms with E-state index in [9.17, 15) is 0 Å². The van der Waals surface area contributed by atoms with E-state index in [1.165, 1.54) is 21.5 Å². The van der Waals surface area contributed by atoms with Gasteiger partial charge in [0.05, 0.1) is 0 Å². The van der Waals surface area contributed by atoms with Gasteiger partial charge in [-0.3, -0.25) is 0 Å². The van der Waals surface area contributed by atoms with Crippen molar-refractivity contribution in [1.29, 1.82) is 0 Å². The second-order valence-corrected chi connectivity index (χ2v) is 14.0. The number of rotatable bonds is 9. The quantitative estimate of drug-likeness (QED) is 0.283. The van der Waals surface area contributed by atoms with Gasteiger partial charge in [-0.15, -0.1) is 0 Å². The van der Waals surface area contributed by atoms with Gasteiger partial charge in [0.25, 0.3) is 0 Å². The Bertz CT molecular complexity index is 976. The topological polar surface area (TPSA) is 3.24 Å². The van der Waals surface area contributed by atoms with Crippen LogP contribution in [0.4, 0.5) is 0 Å². The third-order valence-electron chi connectivity index (χ3n) is 6.41. The molecule has 0 bridgehead atoms. The van der Waals surface area contributed by atoms with Gasteiger partial charge in [-0.2, -0.15) is 0 Å². The Hall–Kier alpha value is -1.87. The molecule has 164 valence electrons. The van der Waals surface area contributed by atoms with Crippen molar-refractivity contribution in [3.05, 3.63) is 127 Å². The molecule has 0 N–H and O–H groups in total. The van der Waals surface area contributed by atoms with Gasteiger partial charge >= 0.3 is 198 Å². The van der Waals surface area contributed by atoms with Crippen molar-refractivity contribution >= 4 is 40.5 Å². The number of benzene rings is 4. The van der Waals surface area contributed by atoms with Gasteiger partial charge in [0, 0.05) is 0 Å². The van der Waals surface area contributed by atoms with Crippen LogP contribution in [0.5, 0.6) is 0 Å². The van der Waals surface area contributed by atoms with Crippen LogP contribution >= 0.6 is 24.6 Å². The standard InChI is InChI=1S/C28H32NP3/c1-29(31-30)25(22-24-14-6-2-7-15-24)23-32(26-16-8-3-9-17-26,27-18-10-4-11-19-27)28-20-12-5-13-21-28/h2-21,25,31-32H,22-23,30H2,1H3/t25-/m0/s1. The summed E-state index contributed by atoms with van der Waals surface area (Å²) in [4.78, 5) is 0. The van der Waals surface area contributed by atoms with Gasteiger partial charge in [-0.05, 0) is 0 Å². The van der Waals surface area contributed by atoms with Crippen LogP contribution in [0.2, 0.25) is 0 Å². The normalized spacial score (nSPS) is 13.5. The van der Waals surface area contributed by atoms with Crippen LogP contribution in [0.1, 0.15) is 5.56 Å². The van der Waals surface area contributed by atoms with E-state index >= 15 is 0 Å². The zero-order chi connectivity index (χ0) is 22.2. The van der Waals surface area contributed by atoms with Gasteiger partial charge in [-0.25, -0.2) is 0 Å². The summed E-state index contributed by atoms with van der Waals surface area (Å²) < 4.78 is 2.54. The third-order valence-corrected chi connectivity index (χ3v) is 13.4. The maximum absolute atomic E-state index is 2.96.